The van der Waals surface area contributed by atoms with Crippen molar-refractivity contribution in [1.82, 2.24) is 10.6 Å². The Hall–Kier alpha value is -2.50. The summed E-state index contributed by atoms with van der Waals surface area (Å²) in [4.78, 5) is 14.4. The molecule has 2 N–H and O–H groups in total. The number of non-ortho nitro benzene ring substituents is 1. The number of nitrogens with one attached hydrogen (secondary N) is 2. The molecule has 0 radical (unpaired) electrons. The highest BCUT2D eigenvalue weighted by Crippen LogP contribution is 2.22. The van der Waals surface area contributed by atoms with Gasteiger partial charge < -0.3 is 15.4 Å². The van der Waals surface area contributed by atoms with Gasteiger partial charge in [0.05, 0.1) is 4.92 Å². The predicted molar refractivity (Wildman–Crippen MR) is 113 cm³/mol. The molecule has 152 valence electrons. The molecule has 10 heteroatoms. The Morgan fingerprint density at radius 2 is 1.93 bits per heavy atom. The number of nitrogens with zero attached hydrogens (tertiary/aromatic N) is 2. The van der Waals surface area contributed by atoms with Gasteiger partial charge in [-0.1, -0.05) is 29.8 Å². The predicted octanol–water partition coefficient (Wildman–Crippen LogP) is 3.99. The molecule has 7 nitrogen and oxygen atoms in total. The summed E-state index contributed by atoms with van der Waals surface area (Å²) in [6, 6.07) is 11.2. The summed E-state index contributed by atoms with van der Waals surface area (Å²) in [5, 5.41) is 16.9. The summed E-state index contributed by atoms with van der Waals surface area (Å²) in [7, 11) is 1.57. The number of hydrogen-bond donors (Lipinski definition) is 2. The molecule has 0 aliphatic rings. The first-order valence-electron chi connectivity index (χ1n) is 8.11. The molecule has 0 heterocycles. The van der Waals surface area contributed by atoms with Gasteiger partial charge in [0.2, 0.25) is 0 Å². The SMILES string of the molecule is CN=C(NCc1cccc([N+](=O)[O-])c1)NCc1cc(C)ccc1OC(F)F.I. The third-order valence-corrected chi connectivity index (χ3v) is 3.68. The highest BCUT2D eigenvalue weighted by Gasteiger charge is 2.11. The molecular formula is C18H21F2IN4O3. The van der Waals surface area contributed by atoms with Crippen LogP contribution in [0.5, 0.6) is 5.75 Å². The Bertz CT molecular complexity index is 834. The lowest BCUT2D eigenvalue weighted by atomic mass is 10.1. The molecule has 0 saturated heterocycles. The van der Waals surface area contributed by atoms with E-state index in [0.717, 1.165) is 5.56 Å². The first-order chi connectivity index (χ1) is 12.9. The molecule has 0 amide bonds. The number of aliphatic imine (C=N–C) groups is 1. The van der Waals surface area contributed by atoms with E-state index in [2.05, 4.69) is 20.4 Å². The normalized spacial score (nSPS) is 11.0. The summed E-state index contributed by atoms with van der Waals surface area (Å²) in [5.41, 5.74) is 2.19. The minimum absolute atomic E-state index is 0. The standard InChI is InChI=1S/C18H20F2N4O3.HI/c1-12-6-7-16(27-17(19)20)14(8-12)11-23-18(21-2)22-10-13-4-3-5-15(9-13)24(25)26;/h3-9,17H,10-11H2,1-2H3,(H2,21,22,23);1H. The number of halogens is 3. The number of nitro benzene ring substituents is 1. The van der Waals surface area contributed by atoms with Gasteiger partial charge in [-0.25, -0.2) is 0 Å². The average Bonchev–Trinajstić information content (AvgIpc) is 2.63. The second-order valence-electron chi connectivity index (χ2n) is 5.70. The van der Waals surface area contributed by atoms with Crippen molar-refractivity contribution in [1.29, 1.82) is 0 Å². The number of alkyl halides is 2. The summed E-state index contributed by atoms with van der Waals surface area (Å²) < 4.78 is 29.6. The van der Waals surface area contributed by atoms with Gasteiger partial charge in [-0.2, -0.15) is 8.78 Å². The number of hydrogen-bond acceptors (Lipinski definition) is 4. The Kier molecular flexibility index (Phi) is 9.56. The third-order valence-electron chi connectivity index (χ3n) is 3.68. The second kappa shape index (κ2) is 11.4. The van der Waals surface area contributed by atoms with Crippen LogP contribution in [0.3, 0.4) is 0 Å². The first kappa shape index (κ1) is 23.5. The number of benzene rings is 2. The Morgan fingerprint density at radius 1 is 1.21 bits per heavy atom. The second-order valence-corrected chi connectivity index (χ2v) is 5.70. The molecular weight excluding hydrogens is 485 g/mol. The highest BCUT2D eigenvalue weighted by molar-refractivity contribution is 14.0. The number of rotatable bonds is 7. The fraction of sp³-hybridized carbons (Fsp3) is 0.278. The molecule has 0 bridgehead atoms. The van der Waals surface area contributed by atoms with Gasteiger partial charge in [0.15, 0.2) is 5.96 Å². The minimum Gasteiger partial charge on any atom is -0.434 e. The number of aryl methyl sites for hydroxylation is 1. The molecule has 0 unspecified atom stereocenters. The smallest absolute Gasteiger partial charge is 0.387 e. The highest BCUT2D eigenvalue weighted by atomic mass is 127. The van der Waals surface area contributed by atoms with Crippen molar-refractivity contribution >= 4 is 35.6 Å². The number of nitro groups is 1. The van der Waals surface area contributed by atoms with E-state index in [4.69, 9.17) is 0 Å². The summed E-state index contributed by atoms with van der Waals surface area (Å²) >= 11 is 0. The Balaban J connectivity index is 0.00000392. The van der Waals surface area contributed by atoms with Gasteiger partial charge in [0.1, 0.15) is 5.75 Å². The number of guanidine groups is 1. The van der Waals surface area contributed by atoms with Crippen LogP contribution in [-0.4, -0.2) is 24.5 Å². The van der Waals surface area contributed by atoms with E-state index >= 15 is 0 Å². The molecule has 0 fully saturated rings. The van der Waals surface area contributed by atoms with E-state index in [9.17, 15) is 18.9 Å². The van der Waals surface area contributed by atoms with E-state index in [0.29, 0.717) is 23.6 Å². The third kappa shape index (κ3) is 7.25. The van der Waals surface area contributed by atoms with Gasteiger partial charge >= 0.3 is 6.61 Å². The zero-order valence-electron chi connectivity index (χ0n) is 15.3. The van der Waals surface area contributed by atoms with Crippen molar-refractivity contribution < 1.29 is 18.4 Å². The van der Waals surface area contributed by atoms with Crippen LogP contribution in [0.2, 0.25) is 0 Å². The fourth-order valence-electron chi connectivity index (χ4n) is 2.42. The lowest BCUT2D eigenvalue weighted by Crippen LogP contribution is -2.36. The van der Waals surface area contributed by atoms with Gasteiger partial charge in [-0.15, -0.1) is 24.0 Å². The maximum Gasteiger partial charge on any atom is 0.387 e. The Labute approximate surface area is 178 Å². The van der Waals surface area contributed by atoms with Crippen molar-refractivity contribution in [3.05, 3.63) is 69.3 Å². The monoisotopic (exact) mass is 506 g/mol. The summed E-state index contributed by atoms with van der Waals surface area (Å²) in [6.45, 7) is -0.517. The van der Waals surface area contributed by atoms with Gasteiger partial charge in [-0.3, -0.25) is 15.1 Å². The van der Waals surface area contributed by atoms with Crippen LogP contribution in [-0.2, 0) is 13.1 Å². The number of ether oxygens (including phenoxy) is 1. The molecule has 0 saturated carbocycles. The van der Waals surface area contributed by atoms with Crippen molar-refractivity contribution in [2.45, 2.75) is 26.6 Å². The van der Waals surface area contributed by atoms with Crippen LogP contribution in [0, 0.1) is 17.0 Å². The zero-order chi connectivity index (χ0) is 19.8. The molecule has 0 aromatic heterocycles. The van der Waals surface area contributed by atoms with Crippen molar-refractivity contribution in [3.63, 3.8) is 0 Å². The molecule has 0 atom stereocenters. The van der Waals surface area contributed by atoms with Crippen LogP contribution in [0.4, 0.5) is 14.5 Å². The molecule has 0 spiro atoms. The van der Waals surface area contributed by atoms with E-state index in [1.165, 1.54) is 18.2 Å². The molecule has 0 aliphatic carbocycles. The van der Waals surface area contributed by atoms with Gasteiger partial charge in [0.25, 0.3) is 5.69 Å². The maximum atomic E-state index is 12.5. The lowest BCUT2D eigenvalue weighted by Gasteiger charge is -2.15. The van der Waals surface area contributed by atoms with Gasteiger partial charge in [0, 0.05) is 37.8 Å². The van der Waals surface area contributed by atoms with Crippen molar-refractivity contribution in [2.75, 3.05) is 7.05 Å². The van der Waals surface area contributed by atoms with Crippen LogP contribution in [0.15, 0.2) is 47.5 Å². The molecule has 0 aliphatic heterocycles. The Morgan fingerprint density at radius 3 is 2.57 bits per heavy atom. The van der Waals surface area contributed by atoms with E-state index in [1.807, 2.05) is 6.92 Å². The van der Waals surface area contributed by atoms with E-state index in [1.54, 1.807) is 31.3 Å². The van der Waals surface area contributed by atoms with Crippen molar-refractivity contribution in [3.8, 4) is 5.75 Å². The summed E-state index contributed by atoms with van der Waals surface area (Å²) in [5.74, 6) is 0.517. The van der Waals surface area contributed by atoms with Crippen LogP contribution in [0.1, 0.15) is 16.7 Å². The van der Waals surface area contributed by atoms with Crippen LogP contribution in [0.25, 0.3) is 0 Å². The average molecular weight is 506 g/mol. The molecule has 2 aromatic carbocycles. The quantitative estimate of drug-likeness (QED) is 0.195. The van der Waals surface area contributed by atoms with E-state index in [-0.39, 0.29) is 42.0 Å². The first-order valence-corrected chi connectivity index (χ1v) is 8.11. The van der Waals surface area contributed by atoms with Crippen molar-refractivity contribution in [2.24, 2.45) is 4.99 Å². The topological polar surface area (TPSA) is 88.8 Å². The fourth-order valence-corrected chi connectivity index (χ4v) is 2.42. The largest absolute Gasteiger partial charge is 0.434 e. The van der Waals surface area contributed by atoms with E-state index < -0.39 is 11.5 Å². The lowest BCUT2D eigenvalue weighted by molar-refractivity contribution is -0.384. The zero-order valence-corrected chi connectivity index (χ0v) is 17.6. The maximum absolute atomic E-state index is 12.5. The molecule has 2 aromatic rings. The van der Waals surface area contributed by atoms with Gasteiger partial charge in [-0.05, 0) is 18.6 Å². The molecule has 2 rings (SSSR count). The minimum atomic E-state index is -2.90. The molecule has 28 heavy (non-hydrogen) atoms. The summed E-state index contributed by atoms with van der Waals surface area (Å²) in [6.07, 6.45) is 0. The van der Waals surface area contributed by atoms with Crippen LogP contribution >= 0.6 is 24.0 Å². The van der Waals surface area contributed by atoms with Crippen LogP contribution < -0.4 is 15.4 Å².